The van der Waals surface area contributed by atoms with Gasteiger partial charge in [-0.3, -0.25) is 4.79 Å². The van der Waals surface area contributed by atoms with Crippen LogP contribution >= 0.6 is 0 Å². The van der Waals surface area contributed by atoms with Crippen LogP contribution in [0.5, 0.6) is 5.75 Å². The Kier molecular flexibility index (Phi) is 3.79. The maximum absolute atomic E-state index is 10.9. The molecule has 1 N–H and O–H groups in total. The summed E-state index contributed by atoms with van der Waals surface area (Å²) >= 11 is 0. The van der Waals surface area contributed by atoms with Crippen molar-refractivity contribution in [3.8, 4) is 11.4 Å². The number of carboxylic acids is 1. The summed E-state index contributed by atoms with van der Waals surface area (Å²) < 4.78 is 6.78. The van der Waals surface area contributed by atoms with Crippen LogP contribution in [-0.2, 0) is 11.2 Å². The van der Waals surface area contributed by atoms with E-state index in [0.29, 0.717) is 12.2 Å². The number of rotatable bonds is 5. The number of hydrogen-bond acceptors (Lipinski definition) is 4. The van der Waals surface area contributed by atoms with Gasteiger partial charge in [0.05, 0.1) is 30.6 Å². The molecule has 1 atom stereocenters. The predicted molar refractivity (Wildman–Crippen MR) is 68.4 cm³/mol. The van der Waals surface area contributed by atoms with Crippen LogP contribution in [0.2, 0.25) is 0 Å². The molecule has 6 nitrogen and oxygen atoms in total. The van der Waals surface area contributed by atoms with Crippen molar-refractivity contribution < 1.29 is 14.6 Å². The molecule has 0 aliphatic rings. The minimum absolute atomic E-state index is 0.375. The minimum Gasteiger partial charge on any atom is -0.497 e. The molecule has 0 radical (unpaired) electrons. The van der Waals surface area contributed by atoms with Crippen LogP contribution in [0.15, 0.2) is 30.5 Å². The van der Waals surface area contributed by atoms with Gasteiger partial charge in [-0.2, -0.15) is 0 Å². The van der Waals surface area contributed by atoms with E-state index in [1.165, 1.54) is 0 Å². The standard InChI is InChI=1S/C13H15N3O3/c1-9(13(17)18)6-11-8-14-15-16(11)10-4-3-5-12(7-10)19-2/h3-5,7-9H,6H2,1-2H3,(H,17,18). The van der Waals surface area contributed by atoms with Gasteiger partial charge in [-0.25, -0.2) is 4.68 Å². The molecule has 100 valence electrons. The molecule has 1 aromatic heterocycles. The van der Waals surface area contributed by atoms with Crippen LogP contribution in [0.4, 0.5) is 0 Å². The van der Waals surface area contributed by atoms with Crippen molar-refractivity contribution in [2.45, 2.75) is 13.3 Å². The van der Waals surface area contributed by atoms with Gasteiger partial charge in [0.1, 0.15) is 5.75 Å². The van der Waals surface area contributed by atoms with Crippen LogP contribution < -0.4 is 4.74 Å². The van der Waals surface area contributed by atoms with Gasteiger partial charge in [0.2, 0.25) is 0 Å². The third kappa shape index (κ3) is 2.90. The summed E-state index contributed by atoms with van der Waals surface area (Å²) in [5.41, 5.74) is 1.55. The minimum atomic E-state index is -0.835. The number of ether oxygens (including phenoxy) is 1. The first-order valence-electron chi connectivity index (χ1n) is 5.88. The van der Waals surface area contributed by atoms with Crippen LogP contribution in [0.1, 0.15) is 12.6 Å². The molecular formula is C13H15N3O3. The fourth-order valence-electron chi connectivity index (χ4n) is 1.76. The monoisotopic (exact) mass is 261 g/mol. The van der Waals surface area contributed by atoms with E-state index in [0.717, 1.165) is 11.4 Å². The second-order valence-electron chi connectivity index (χ2n) is 4.28. The first kappa shape index (κ1) is 13.1. The van der Waals surface area contributed by atoms with Gasteiger partial charge >= 0.3 is 5.97 Å². The zero-order valence-electron chi connectivity index (χ0n) is 10.8. The normalized spacial score (nSPS) is 12.1. The van der Waals surface area contributed by atoms with Crippen molar-refractivity contribution in [3.05, 3.63) is 36.2 Å². The number of aromatic nitrogens is 3. The molecule has 0 saturated carbocycles. The Bertz CT molecular complexity index is 580. The molecule has 0 fully saturated rings. The first-order chi connectivity index (χ1) is 9.11. The SMILES string of the molecule is COc1cccc(-n2nncc2CC(C)C(=O)O)c1. The molecule has 0 aliphatic heterocycles. The Labute approximate surface area is 110 Å². The van der Waals surface area contributed by atoms with Crippen molar-refractivity contribution in [2.75, 3.05) is 7.11 Å². The van der Waals surface area contributed by atoms with E-state index in [1.54, 1.807) is 24.9 Å². The number of aliphatic carboxylic acids is 1. The zero-order chi connectivity index (χ0) is 13.8. The van der Waals surface area contributed by atoms with Crippen LogP contribution in [0.25, 0.3) is 5.69 Å². The van der Waals surface area contributed by atoms with Crippen molar-refractivity contribution in [1.82, 2.24) is 15.0 Å². The Morgan fingerprint density at radius 3 is 3.00 bits per heavy atom. The molecule has 0 saturated heterocycles. The quantitative estimate of drug-likeness (QED) is 0.883. The topological polar surface area (TPSA) is 77.2 Å². The highest BCUT2D eigenvalue weighted by atomic mass is 16.5. The summed E-state index contributed by atoms with van der Waals surface area (Å²) in [5.74, 6) is -0.605. The third-order valence-electron chi connectivity index (χ3n) is 2.85. The van der Waals surface area contributed by atoms with Gasteiger partial charge in [-0.15, -0.1) is 5.10 Å². The van der Waals surface area contributed by atoms with Crippen LogP contribution in [-0.4, -0.2) is 33.2 Å². The molecule has 0 aliphatic carbocycles. The second kappa shape index (κ2) is 5.51. The molecule has 1 aromatic carbocycles. The van der Waals surface area contributed by atoms with E-state index >= 15 is 0 Å². The largest absolute Gasteiger partial charge is 0.497 e. The molecule has 6 heteroatoms. The molecule has 2 rings (SSSR count). The number of carboxylic acid groups (broad SMARTS) is 1. The maximum atomic E-state index is 10.9. The van der Waals surface area contributed by atoms with Gasteiger partial charge in [0.25, 0.3) is 0 Å². The van der Waals surface area contributed by atoms with Gasteiger partial charge < -0.3 is 9.84 Å². The van der Waals surface area contributed by atoms with Crippen LogP contribution in [0, 0.1) is 5.92 Å². The molecule has 0 spiro atoms. The van der Waals surface area contributed by atoms with E-state index in [-0.39, 0.29) is 0 Å². The first-order valence-corrected chi connectivity index (χ1v) is 5.88. The fraction of sp³-hybridized carbons (Fsp3) is 0.308. The summed E-state index contributed by atoms with van der Waals surface area (Å²) in [7, 11) is 1.59. The summed E-state index contributed by atoms with van der Waals surface area (Å²) in [4.78, 5) is 10.9. The Morgan fingerprint density at radius 2 is 2.32 bits per heavy atom. The van der Waals surface area contributed by atoms with Gasteiger partial charge in [0.15, 0.2) is 0 Å². The number of nitrogens with zero attached hydrogens (tertiary/aromatic N) is 3. The van der Waals surface area contributed by atoms with E-state index < -0.39 is 11.9 Å². The van der Waals surface area contributed by atoms with Gasteiger partial charge in [0, 0.05) is 12.5 Å². The highest BCUT2D eigenvalue weighted by Gasteiger charge is 2.16. The maximum Gasteiger partial charge on any atom is 0.306 e. The molecule has 1 heterocycles. The van der Waals surface area contributed by atoms with Crippen molar-refractivity contribution >= 4 is 5.97 Å². The highest BCUT2D eigenvalue weighted by molar-refractivity contribution is 5.69. The van der Waals surface area contributed by atoms with Crippen molar-refractivity contribution in [2.24, 2.45) is 5.92 Å². The summed E-state index contributed by atoms with van der Waals surface area (Å²) in [6.45, 7) is 1.66. The third-order valence-corrected chi connectivity index (χ3v) is 2.85. The van der Waals surface area contributed by atoms with E-state index in [2.05, 4.69) is 10.3 Å². The molecule has 0 amide bonds. The summed E-state index contributed by atoms with van der Waals surface area (Å²) in [5, 5.41) is 16.8. The molecule has 0 bridgehead atoms. The summed E-state index contributed by atoms with van der Waals surface area (Å²) in [6.07, 6.45) is 1.96. The van der Waals surface area contributed by atoms with E-state index in [9.17, 15) is 4.79 Å². The zero-order valence-corrected chi connectivity index (χ0v) is 10.8. The van der Waals surface area contributed by atoms with E-state index in [4.69, 9.17) is 9.84 Å². The van der Waals surface area contributed by atoms with Gasteiger partial charge in [-0.05, 0) is 12.1 Å². The Hall–Kier alpha value is -2.37. The van der Waals surface area contributed by atoms with Crippen molar-refractivity contribution in [1.29, 1.82) is 0 Å². The van der Waals surface area contributed by atoms with Crippen molar-refractivity contribution in [3.63, 3.8) is 0 Å². The lowest BCUT2D eigenvalue weighted by Gasteiger charge is -2.09. The lowest BCUT2D eigenvalue weighted by atomic mass is 10.1. The number of hydrogen-bond donors (Lipinski definition) is 1. The fourth-order valence-corrected chi connectivity index (χ4v) is 1.76. The number of carbonyl (C=O) groups is 1. The number of methoxy groups -OCH3 is 1. The average Bonchev–Trinajstić information content (AvgIpc) is 2.86. The predicted octanol–water partition coefficient (Wildman–Crippen LogP) is 1.54. The Morgan fingerprint density at radius 1 is 1.53 bits per heavy atom. The molecule has 1 unspecified atom stereocenters. The highest BCUT2D eigenvalue weighted by Crippen LogP contribution is 2.18. The number of benzene rings is 1. The summed E-state index contributed by atoms with van der Waals surface area (Å²) in [6, 6.07) is 7.37. The lowest BCUT2D eigenvalue weighted by molar-refractivity contribution is -0.141. The lowest BCUT2D eigenvalue weighted by Crippen LogP contribution is -2.15. The van der Waals surface area contributed by atoms with Gasteiger partial charge in [-0.1, -0.05) is 18.2 Å². The second-order valence-corrected chi connectivity index (χ2v) is 4.28. The molecular weight excluding hydrogens is 246 g/mol. The molecule has 2 aromatic rings. The Balaban J connectivity index is 2.30. The smallest absolute Gasteiger partial charge is 0.306 e. The average molecular weight is 261 g/mol. The van der Waals surface area contributed by atoms with E-state index in [1.807, 2.05) is 24.3 Å². The molecule has 19 heavy (non-hydrogen) atoms. The van der Waals surface area contributed by atoms with Crippen LogP contribution in [0.3, 0.4) is 0 Å².